The fourth-order valence-electron chi connectivity index (χ4n) is 3.45. The van der Waals surface area contributed by atoms with Crippen LogP contribution in [0.1, 0.15) is 26.3 Å². The second-order valence-electron chi connectivity index (χ2n) is 7.14. The number of para-hydroxylation sites is 1. The number of fused-ring (bicyclic) bond motifs is 1. The van der Waals surface area contributed by atoms with Crippen molar-refractivity contribution < 1.29 is 27.5 Å². The molecule has 4 rings (SSSR count). The van der Waals surface area contributed by atoms with E-state index in [1.54, 1.807) is 17.5 Å². The monoisotopic (exact) mass is 485 g/mol. The largest absolute Gasteiger partial charge is 0.452 e. The van der Waals surface area contributed by atoms with Crippen LogP contribution in [0.2, 0.25) is 0 Å². The molecule has 1 aliphatic heterocycles. The van der Waals surface area contributed by atoms with Gasteiger partial charge in [-0.2, -0.15) is 0 Å². The normalized spacial score (nSPS) is 12.8. The summed E-state index contributed by atoms with van der Waals surface area (Å²) in [5.41, 5.74) is 6.93. The number of carbonyl (C=O) groups is 3. The van der Waals surface area contributed by atoms with Gasteiger partial charge < -0.3 is 15.8 Å². The Labute approximate surface area is 193 Å². The molecule has 0 aliphatic carbocycles. The zero-order valence-corrected chi connectivity index (χ0v) is 18.8. The second kappa shape index (κ2) is 9.04. The highest BCUT2D eigenvalue weighted by atomic mass is 32.2. The Morgan fingerprint density at radius 1 is 1.09 bits per heavy atom. The lowest BCUT2D eigenvalue weighted by Crippen LogP contribution is -2.29. The quantitative estimate of drug-likeness (QED) is 0.493. The standard InChI is InChI=1S/C22H19N3O6S2/c23-20(27)17-9-11-32-21(17)24-19(26)13-31-22(28)15-5-3-6-16(12-15)33(29,30)25-10-8-14-4-1-2-7-18(14)25/h1-7,9,11-12H,8,10,13H2,(H2,23,27)(H,24,26). The van der Waals surface area contributed by atoms with E-state index in [4.69, 9.17) is 10.5 Å². The van der Waals surface area contributed by atoms with Crippen LogP contribution in [0.5, 0.6) is 0 Å². The van der Waals surface area contributed by atoms with Gasteiger partial charge in [-0.15, -0.1) is 11.3 Å². The van der Waals surface area contributed by atoms with Crippen LogP contribution < -0.4 is 15.4 Å². The van der Waals surface area contributed by atoms with Gasteiger partial charge in [-0.25, -0.2) is 13.2 Å². The average Bonchev–Trinajstić information content (AvgIpc) is 3.45. The molecule has 1 aromatic heterocycles. The van der Waals surface area contributed by atoms with Crippen LogP contribution >= 0.6 is 11.3 Å². The van der Waals surface area contributed by atoms with Crippen molar-refractivity contribution in [1.29, 1.82) is 0 Å². The van der Waals surface area contributed by atoms with Gasteiger partial charge in [-0.05, 0) is 47.7 Å². The molecule has 170 valence electrons. The summed E-state index contributed by atoms with van der Waals surface area (Å²) in [6.45, 7) is -0.308. The number of anilines is 2. The van der Waals surface area contributed by atoms with Gasteiger partial charge in [0.2, 0.25) is 0 Å². The molecule has 3 aromatic rings. The number of benzene rings is 2. The van der Waals surface area contributed by atoms with E-state index in [-0.39, 0.29) is 21.0 Å². The van der Waals surface area contributed by atoms with Crippen molar-refractivity contribution >= 4 is 49.8 Å². The summed E-state index contributed by atoms with van der Waals surface area (Å²) in [5.74, 6) is -2.21. The minimum absolute atomic E-state index is 0.00898. The Bertz CT molecular complexity index is 1350. The van der Waals surface area contributed by atoms with Gasteiger partial charge in [0.25, 0.3) is 21.8 Å². The fraction of sp³-hybridized carbons (Fsp3) is 0.136. The Hall–Kier alpha value is -3.70. The second-order valence-corrected chi connectivity index (χ2v) is 9.91. The maximum atomic E-state index is 13.2. The van der Waals surface area contributed by atoms with Crippen molar-refractivity contribution in [1.82, 2.24) is 0 Å². The topological polar surface area (TPSA) is 136 Å². The predicted molar refractivity (Wildman–Crippen MR) is 123 cm³/mol. The highest BCUT2D eigenvalue weighted by Gasteiger charge is 2.31. The molecule has 0 spiro atoms. The van der Waals surface area contributed by atoms with Crippen molar-refractivity contribution in [3.05, 3.63) is 76.7 Å². The van der Waals surface area contributed by atoms with Gasteiger partial charge in [0, 0.05) is 6.54 Å². The number of hydrogen-bond donors (Lipinski definition) is 2. The molecular weight excluding hydrogens is 466 g/mol. The van der Waals surface area contributed by atoms with Crippen LogP contribution in [0, 0.1) is 0 Å². The zero-order valence-electron chi connectivity index (χ0n) is 17.2. The summed E-state index contributed by atoms with van der Waals surface area (Å²) in [4.78, 5) is 35.8. The third-order valence-electron chi connectivity index (χ3n) is 5.02. The molecule has 9 nitrogen and oxygen atoms in total. The van der Waals surface area contributed by atoms with Gasteiger partial charge in [0.05, 0.1) is 21.7 Å². The zero-order chi connectivity index (χ0) is 23.6. The first-order valence-electron chi connectivity index (χ1n) is 9.82. The predicted octanol–water partition coefficient (Wildman–Crippen LogP) is 2.39. The van der Waals surface area contributed by atoms with Crippen LogP contribution in [0.15, 0.2) is 64.9 Å². The van der Waals surface area contributed by atoms with Crippen molar-refractivity contribution in [2.24, 2.45) is 5.73 Å². The molecule has 33 heavy (non-hydrogen) atoms. The first-order chi connectivity index (χ1) is 15.8. The number of ether oxygens (including phenoxy) is 1. The highest BCUT2D eigenvalue weighted by Crippen LogP contribution is 2.32. The van der Waals surface area contributed by atoms with Gasteiger partial charge >= 0.3 is 5.97 Å². The van der Waals surface area contributed by atoms with Gasteiger partial charge in [-0.1, -0.05) is 24.3 Å². The number of nitrogens with two attached hydrogens (primary N) is 1. The Kier molecular flexibility index (Phi) is 6.16. The Balaban J connectivity index is 1.44. The molecule has 0 bridgehead atoms. The number of nitrogens with zero attached hydrogens (tertiary/aromatic N) is 1. The molecule has 2 aromatic carbocycles. The van der Waals surface area contributed by atoms with Crippen molar-refractivity contribution in [2.45, 2.75) is 11.3 Å². The summed E-state index contributed by atoms with van der Waals surface area (Å²) >= 11 is 1.10. The number of esters is 1. The molecule has 0 unspecified atom stereocenters. The first-order valence-corrected chi connectivity index (χ1v) is 12.1. The lowest BCUT2D eigenvalue weighted by Gasteiger charge is -2.19. The Morgan fingerprint density at radius 3 is 2.67 bits per heavy atom. The van der Waals surface area contributed by atoms with E-state index in [0.29, 0.717) is 18.7 Å². The fourth-order valence-corrected chi connectivity index (χ4v) is 5.80. The van der Waals surface area contributed by atoms with E-state index in [0.717, 1.165) is 16.9 Å². The summed E-state index contributed by atoms with van der Waals surface area (Å²) in [5, 5.41) is 4.30. The lowest BCUT2D eigenvalue weighted by molar-refractivity contribution is -0.119. The van der Waals surface area contributed by atoms with Crippen LogP contribution in [0.3, 0.4) is 0 Å². The molecular formula is C22H19N3O6S2. The number of hydrogen-bond acceptors (Lipinski definition) is 7. The third kappa shape index (κ3) is 4.59. The third-order valence-corrected chi connectivity index (χ3v) is 7.66. The maximum absolute atomic E-state index is 13.2. The van der Waals surface area contributed by atoms with E-state index in [9.17, 15) is 22.8 Å². The number of sulfonamides is 1. The van der Waals surface area contributed by atoms with Crippen LogP contribution in [0.4, 0.5) is 10.7 Å². The van der Waals surface area contributed by atoms with Crippen LogP contribution in [0.25, 0.3) is 0 Å². The molecule has 0 atom stereocenters. The number of thiophene rings is 1. The molecule has 0 saturated carbocycles. The molecule has 1 aliphatic rings. The van der Waals surface area contributed by atoms with Gasteiger partial charge in [0.15, 0.2) is 6.61 Å². The molecule has 0 radical (unpaired) electrons. The summed E-state index contributed by atoms with van der Waals surface area (Å²) in [6.07, 6.45) is 0.605. The SMILES string of the molecule is NC(=O)c1ccsc1NC(=O)COC(=O)c1cccc(S(=O)(=O)N2CCc3ccccc32)c1. The number of rotatable bonds is 7. The summed E-state index contributed by atoms with van der Waals surface area (Å²) < 4.78 is 32.7. The maximum Gasteiger partial charge on any atom is 0.338 e. The number of primary amides is 1. The molecule has 3 N–H and O–H groups in total. The molecule has 0 saturated heterocycles. The number of nitrogens with one attached hydrogen (secondary N) is 1. The summed E-state index contributed by atoms with van der Waals surface area (Å²) in [6, 6.07) is 14.2. The molecule has 0 fully saturated rings. The number of carbonyl (C=O) groups excluding carboxylic acids is 3. The van der Waals surface area contributed by atoms with Crippen molar-refractivity contribution in [2.75, 3.05) is 22.8 Å². The minimum atomic E-state index is -3.88. The van der Waals surface area contributed by atoms with Crippen LogP contribution in [-0.2, 0) is 26.0 Å². The van der Waals surface area contributed by atoms with Crippen LogP contribution in [-0.4, -0.2) is 39.4 Å². The van der Waals surface area contributed by atoms with Gasteiger partial charge in [-0.3, -0.25) is 13.9 Å². The minimum Gasteiger partial charge on any atom is -0.452 e. The van der Waals surface area contributed by atoms with E-state index in [2.05, 4.69) is 5.32 Å². The number of amides is 2. The lowest BCUT2D eigenvalue weighted by atomic mass is 10.2. The average molecular weight is 486 g/mol. The van der Waals surface area contributed by atoms with E-state index in [1.807, 2.05) is 12.1 Å². The van der Waals surface area contributed by atoms with E-state index >= 15 is 0 Å². The highest BCUT2D eigenvalue weighted by molar-refractivity contribution is 7.92. The van der Waals surface area contributed by atoms with Gasteiger partial charge in [0.1, 0.15) is 5.00 Å². The summed E-state index contributed by atoms with van der Waals surface area (Å²) in [7, 11) is -3.88. The van der Waals surface area contributed by atoms with E-state index in [1.165, 1.54) is 34.6 Å². The molecule has 2 heterocycles. The Morgan fingerprint density at radius 2 is 1.88 bits per heavy atom. The van der Waals surface area contributed by atoms with Crippen molar-refractivity contribution in [3.8, 4) is 0 Å². The molecule has 2 amide bonds. The first kappa shape index (κ1) is 22.5. The van der Waals surface area contributed by atoms with Crippen molar-refractivity contribution in [3.63, 3.8) is 0 Å². The smallest absolute Gasteiger partial charge is 0.338 e. The molecule has 11 heteroatoms. The van der Waals surface area contributed by atoms with E-state index < -0.39 is 34.4 Å².